The highest BCUT2D eigenvalue weighted by molar-refractivity contribution is 9.10. The molecule has 2 amide bonds. The number of aryl methyl sites for hydroxylation is 1. The van der Waals surface area contributed by atoms with Gasteiger partial charge in [0, 0.05) is 28.5 Å². The lowest BCUT2D eigenvalue weighted by molar-refractivity contribution is -0.131. The molecule has 1 aliphatic rings. The molecule has 146 valence electrons. The molecule has 0 bridgehead atoms. The summed E-state index contributed by atoms with van der Waals surface area (Å²) in [5.74, 6) is -4.29. The van der Waals surface area contributed by atoms with E-state index in [9.17, 15) is 18.4 Å². The van der Waals surface area contributed by atoms with E-state index in [2.05, 4.69) is 21.2 Å². The number of hydrogen-bond donors (Lipinski definition) is 1. The molecule has 9 heteroatoms. The summed E-state index contributed by atoms with van der Waals surface area (Å²) >= 11 is 3.37. The molecular formula is C19H17BrF2N4O2. The molecule has 1 aromatic carbocycles. The molecule has 0 saturated carbocycles. The molecular weight excluding hydrogens is 434 g/mol. The number of carbonyl (C=O) groups is 2. The molecule has 28 heavy (non-hydrogen) atoms. The number of nitriles is 1. The highest BCUT2D eigenvalue weighted by atomic mass is 79.9. The van der Waals surface area contributed by atoms with E-state index in [0.717, 1.165) is 20.8 Å². The second-order valence-electron chi connectivity index (χ2n) is 6.63. The van der Waals surface area contributed by atoms with Crippen molar-refractivity contribution in [3.05, 3.63) is 52.3 Å². The molecule has 3 rings (SSSR count). The minimum absolute atomic E-state index is 0.344. The van der Waals surface area contributed by atoms with Crippen molar-refractivity contribution in [2.75, 3.05) is 13.1 Å². The predicted molar refractivity (Wildman–Crippen MR) is 101 cm³/mol. The van der Waals surface area contributed by atoms with Crippen LogP contribution < -0.4 is 5.32 Å². The molecule has 1 N–H and O–H groups in total. The lowest BCUT2D eigenvalue weighted by atomic mass is 10.2. The van der Waals surface area contributed by atoms with E-state index >= 15 is 0 Å². The lowest BCUT2D eigenvalue weighted by Crippen LogP contribution is -2.42. The topological polar surface area (TPSA) is 78.1 Å². The molecule has 0 aliphatic carbocycles. The van der Waals surface area contributed by atoms with E-state index in [1.54, 1.807) is 18.3 Å². The number of alkyl halides is 2. The van der Waals surface area contributed by atoms with Crippen molar-refractivity contribution >= 4 is 27.7 Å². The predicted octanol–water partition coefficient (Wildman–Crippen LogP) is 3.04. The summed E-state index contributed by atoms with van der Waals surface area (Å²) in [6.45, 7) is 0.586. The molecule has 2 aromatic rings. The Hall–Kier alpha value is -2.73. The van der Waals surface area contributed by atoms with Gasteiger partial charge >= 0.3 is 0 Å². The Bertz CT molecular complexity index is 950. The van der Waals surface area contributed by atoms with Crippen molar-refractivity contribution in [1.82, 2.24) is 14.8 Å². The number of rotatable bonds is 4. The number of nitrogens with zero attached hydrogens (tertiary/aromatic N) is 3. The van der Waals surface area contributed by atoms with Crippen LogP contribution >= 0.6 is 15.9 Å². The van der Waals surface area contributed by atoms with Gasteiger partial charge in [0.15, 0.2) is 0 Å². The number of carbonyl (C=O) groups excluding carboxylic acids is 2. The summed E-state index contributed by atoms with van der Waals surface area (Å²) in [7, 11) is 0. The van der Waals surface area contributed by atoms with Crippen LogP contribution in [0.5, 0.6) is 0 Å². The van der Waals surface area contributed by atoms with Gasteiger partial charge in [-0.25, -0.2) is 8.78 Å². The normalized spacial score (nSPS) is 18.0. The van der Waals surface area contributed by atoms with Crippen molar-refractivity contribution in [2.45, 2.75) is 25.3 Å². The highest BCUT2D eigenvalue weighted by Gasteiger charge is 2.47. The molecule has 1 atom stereocenters. The molecule has 6 nitrogen and oxygen atoms in total. The van der Waals surface area contributed by atoms with E-state index in [0.29, 0.717) is 5.56 Å². The van der Waals surface area contributed by atoms with Gasteiger partial charge in [-0.15, -0.1) is 0 Å². The van der Waals surface area contributed by atoms with E-state index in [4.69, 9.17) is 5.26 Å². The fourth-order valence-corrected chi connectivity index (χ4v) is 3.39. The van der Waals surface area contributed by atoms with Gasteiger partial charge in [0.25, 0.3) is 11.8 Å². The Kier molecular flexibility index (Phi) is 5.52. The average molecular weight is 451 g/mol. The third-order valence-corrected chi connectivity index (χ3v) is 5.05. The monoisotopic (exact) mass is 450 g/mol. The van der Waals surface area contributed by atoms with Crippen molar-refractivity contribution in [3.63, 3.8) is 0 Å². The Labute approximate surface area is 168 Å². The second-order valence-corrected chi connectivity index (χ2v) is 7.54. The summed E-state index contributed by atoms with van der Waals surface area (Å²) in [5.41, 5.74) is 2.03. The Morgan fingerprint density at radius 3 is 2.68 bits per heavy atom. The third kappa shape index (κ3) is 4.22. The van der Waals surface area contributed by atoms with Crippen LogP contribution in [-0.4, -0.2) is 46.3 Å². The Morgan fingerprint density at radius 2 is 2.04 bits per heavy atom. The summed E-state index contributed by atoms with van der Waals surface area (Å²) < 4.78 is 29.7. The van der Waals surface area contributed by atoms with Crippen molar-refractivity contribution < 1.29 is 18.4 Å². The molecule has 0 spiro atoms. The van der Waals surface area contributed by atoms with Crippen LogP contribution in [0.3, 0.4) is 0 Å². The first kappa shape index (κ1) is 20.0. The maximum atomic E-state index is 13.5. The smallest absolute Gasteiger partial charge is 0.268 e. The zero-order valence-corrected chi connectivity index (χ0v) is 16.5. The Morgan fingerprint density at radius 1 is 1.36 bits per heavy atom. The number of aromatic nitrogens is 1. The lowest BCUT2D eigenvalue weighted by Gasteiger charge is -2.19. The van der Waals surface area contributed by atoms with Crippen molar-refractivity contribution in [3.8, 4) is 11.8 Å². The van der Waals surface area contributed by atoms with Crippen molar-refractivity contribution in [2.24, 2.45) is 0 Å². The van der Waals surface area contributed by atoms with Gasteiger partial charge in [0.2, 0.25) is 5.91 Å². The number of halogens is 3. The van der Waals surface area contributed by atoms with Crippen molar-refractivity contribution in [1.29, 1.82) is 5.26 Å². The van der Waals surface area contributed by atoms with Gasteiger partial charge in [-0.2, -0.15) is 5.26 Å². The van der Waals surface area contributed by atoms with Gasteiger partial charge in [0.1, 0.15) is 6.04 Å². The van der Waals surface area contributed by atoms with Crippen LogP contribution in [0, 0.1) is 18.3 Å². The van der Waals surface area contributed by atoms with Gasteiger partial charge < -0.3 is 14.8 Å². The van der Waals surface area contributed by atoms with Crippen LogP contribution in [0.25, 0.3) is 5.69 Å². The molecule has 1 aromatic heterocycles. The SMILES string of the molecule is Cc1cc(C(=O)NCC(=O)N2CC(F)(F)C[C@H]2C#N)cn1-c1ccc(Br)cc1. The summed E-state index contributed by atoms with van der Waals surface area (Å²) in [5, 5.41) is 11.4. The fraction of sp³-hybridized carbons (Fsp3) is 0.316. The summed E-state index contributed by atoms with van der Waals surface area (Å²) in [4.78, 5) is 25.4. The van der Waals surface area contributed by atoms with Crippen LogP contribution in [0.15, 0.2) is 41.0 Å². The van der Waals surface area contributed by atoms with Gasteiger partial charge in [-0.05, 0) is 37.3 Å². The number of likely N-dealkylation sites (tertiary alicyclic amines) is 1. The zero-order chi connectivity index (χ0) is 20.5. The fourth-order valence-electron chi connectivity index (χ4n) is 3.13. The number of nitrogens with one attached hydrogen (secondary N) is 1. The first-order valence-corrected chi connectivity index (χ1v) is 9.29. The van der Waals surface area contributed by atoms with Gasteiger partial charge in [-0.3, -0.25) is 9.59 Å². The molecule has 2 heterocycles. The standard InChI is InChI=1S/C19H17BrF2N4O2/c1-12-6-13(10-25(12)15-4-2-14(20)3-5-15)18(28)24-9-17(27)26-11-19(21,22)7-16(26)8-23/h2-6,10,16H,7,9,11H2,1H3,(H,24,28)/t16-/m0/s1. The maximum absolute atomic E-state index is 13.5. The molecule has 1 fully saturated rings. The van der Waals surface area contributed by atoms with Crippen LogP contribution in [0.4, 0.5) is 8.78 Å². The molecule has 1 saturated heterocycles. The summed E-state index contributed by atoms with van der Waals surface area (Å²) in [6, 6.07) is 9.73. The van der Waals surface area contributed by atoms with E-state index in [1.165, 1.54) is 0 Å². The maximum Gasteiger partial charge on any atom is 0.268 e. The minimum Gasteiger partial charge on any atom is -0.343 e. The number of hydrogen-bond acceptors (Lipinski definition) is 3. The number of benzene rings is 1. The average Bonchev–Trinajstić information content (AvgIpc) is 3.19. The van der Waals surface area contributed by atoms with Crippen LogP contribution in [0.1, 0.15) is 22.5 Å². The van der Waals surface area contributed by atoms with Crippen LogP contribution in [-0.2, 0) is 4.79 Å². The minimum atomic E-state index is -3.08. The molecule has 1 aliphatic heterocycles. The van der Waals surface area contributed by atoms with E-state index < -0.39 is 43.3 Å². The summed E-state index contributed by atoms with van der Waals surface area (Å²) in [6.07, 6.45) is 0.957. The van der Waals surface area contributed by atoms with Gasteiger partial charge in [-0.1, -0.05) is 15.9 Å². The number of amides is 2. The highest BCUT2D eigenvalue weighted by Crippen LogP contribution is 2.31. The molecule has 0 unspecified atom stereocenters. The quantitative estimate of drug-likeness (QED) is 0.777. The van der Waals surface area contributed by atoms with E-state index in [1.807, 2.05) is 35.8 Å². The Balaban J connectivity index is 1.66. The first-order valence-electron chi connectivity index (χ1n) is 8.50. The second kappa shape index (κ2) is 7.72. The first-order chi connectivity index (χ1) is 13.2. The zero-order valence-electron chi connectivity index (χ0n) is 15.0. The van der Waals surface area contributed by atoms with E-state index in [-0.39, 0.29) is 0 Å². The van der Waals surface area contributed by atoms with Gasteiger partial charge in [0.05, 0.1) is 24.7 Å². The van der Waals surface area contributed by atoms with Crippen LogP contribution in [0.2, 0.25) is 0 Å². The largest absolute Gasteiger partial charge is 0.343 e. The third-order valence-electron chi connectivity index (χ3n) is 4.52. The molecule has 0 radical (unpaired) electrons.